The van der Waals surface area contributed by atoms with Crippen LogP contribution < -0.4 is 15.4 Å². The van der Waals surface area contributed by atoms with Crippen molar-refractivity contribution in [3.8, 4) is 0 Å². The number of fused-ring (bicyclic) bond motifs is 2. The molecule has 3 rings (SSSR count). The van der Waals surface area contributed by atoms with Crippen LogP contribution in [0.4, 0.5) is 10.5 Å². The third kappa shape index (κ3) is 3.63. The number of carbonyl (C=O) groups excluding carboxylic acids is 2. The van der Waals surface area contributed by atoms with E-state index >= 15 is 0 Å². The van der Waals surface area contributed by atoms with Gasteiger partial charge in [0.2, 0.25) is 5.91 Å². The summed E-state index contributed by atoms with van der Waals surface area (Å²) in [5.41, 5.74) is 5.55. The van der Waals surface area contributed by atoms with Crippen molar-refractivity contribution < 1.29 is 18.0 Å². The lowest BCUT2D eigenvalue weighted by atomic mass is 9.99. The van der Waals surface area contributed by atoms with E-state index in [-0.39, 0.29) is 0 Å². The Kier molecular flexibility index (Phi) is 4.73. The van der Waals surface area contributed by atoms with Gasteiger partial charge < -0.3 is 10.6 Å². The summed E-state index contributed by atoms with van der Waals surface area (Å²) in [5, 5.41) is 3.84. The van der Waals surface area contributed by atoms with E-state index in [1.165, 1.54) is 25.0 Å². The lowest BCUT2D eigenvalue weighted by Gasteiger charge is -2.18. The van der Waals surface area contributed by atoms with Gasteiger partial charge in [0.05, 0.1) is 0 Å². The maximum Gasteiger partial charge on any atom is 0.332 e. The molecule has 1 unspecified atom stereocenters. The van der Waals surface area contributed by atoms with E-state index in [0.717, 1.165) is 55.3 Å². The molecule has 1 aromatic carbocycles. The second-order valence-electron chi connectivity index (χ2n) is 6.68. The van der Waals surface area contributed by atoms with E-state index in [4.69, 9.17) is 0 Å². The molecule has 8 heteroatoms. The summed E-state index contributed by atoms with van der Waals surface area (Å²) in [4.78, 5) is 23.3. The first kappa shape index (κ1) is 17.7. The van der Waals surface area contributed by atoms with Crippen LogP contribution >= 0.6 is 0 Å². The van der Waals surface area contributed by atoms with E-state index in [9.17, 15) is 18.0 Å². The Labute approximate surface area is 147 Å². The Balaban J connectivity index is 1.79. The number of hydrogen-bond acceptors (Lipinski definition) is 4. The molecule has 0 aliphatic heterocycles. The zero-order valence-corrected chi connectivity index (χ0v) is 15.3. The minimum Gasteiger partial charge on any atom is -0.338 e. The quantitative estimate of drug-likeness (QED) is 0.754. The van der Waals surface area contributed by atoms with Crippen LogP contribution in [-0.2, 0) is 40.5 Å². The van der Waals surface area contributed by atoms with Gasteiger partial charge in [-0.3, -0.25) is 4.79 Å². The second-order valence-corrected chi connectivity index (χ2v) is 8.68. The van der Waals surface area contributed by atoms with Gasteiger partial charge in [-0.05, 0) is 67.7 Å². The van der Waals surface area contributed by atoms with Crippen LogP contribution in [0.15, 0.2) is 6.07 Å². The number of rotatable bonds is 4. The van der Waals surface area contributed by atoms with Crippen molar-refractivity contribution in [3.63, 3.8) is 0 Å². The van der Waals surface area contributed by atoms with E-state index in [2.05, 4.69) is 16.7 Å². The fourth-order valence-corrected chi connectivity index (χ4v) is 4.49. The highest BCUT2D eigenvalue weighted by Gasteiger charge is 2.27. The van der Waals surface area contributed by atoms with Crippen molar-refractivity contribution in [2.24, 2.45) is 0 Å². The molecular formula is C17H23N3O4S. The molecule has 1 aromatic rings. The van der Waals surface area contributed by atoms with Crippen molar-refractivity contribution in [2.75, 3.05) is 5.32 Å². The summed E-state index contributed by atoms with van der Waals surface area (Å²) in [6, 6.07) is 1.45. The Hall–Kier alpha value is -2.09. The van der Waals surface area contributed by atoms with Crippen molar-refractivity contribution >= 4 is 27.6 Å². The standard InChI is InChI=1S/C17H23N3O4S/c1-10(21)18-11(2)25(23,24)20-17(22)19-16-14-7-3-5-12(14)9-13-6-4-8-15(13)16/h9,11H,3-8H2,1-2H3,(H,18,21)(H2,19,20,22). The van der Waals surface area contributed by atoms with Crippen molar-refractivity contribution in [3.05, 3.63) is 28.3 Å². The molecular weight excluding hydrogens is 342 g/mol. The average Bonchev–Trinajstić information content (AvgIpc) is 3.14. The molecule has 1 atom stereocenters. The van der Waals surface area contributed by atoms with Crippen molar-refractivity contribution in [1.29, 1.82) is 0 Å². The van der Waals surface area contributed by atoms with Gasteiger partial charge in [0, 0.05) is 12.6 Å². The van der Waals surface area contributed by atoms with E-state index in [1.807, 2.05) is 4.72 Å². The number of hydrogen-bond donors (Lipinski definition) is 3. The highest BCUT2D eigenvalue weighted by atomic mass is 32.2. The van der Waals surface area contributed by atoms with Crippen LogP contribution in [0, 0.1) is 0 Å². The first-order valence-corrected chi connectivity index (χ1v) is 10.1. The van der Waals surface area contributed by atoms with Crippen molar-refractivity contribution in [2.45, 2.75) is 57.7 Å². The van der Waals surface area contributed by atoms with Crippen LogP contribution in [-0.4, -0.2) is 25.7 Å². The van der Waals surface area contributed by atoms with E-state index in [1.54, 1.807) is 0 Å². The number of anilines is 1. The number of sulfonamides is 1. The first-order chi connectivity index (χ1) is 11.8. The zero-order chi connectivity index (χ0) is 18.2. The maximum atomic E-state index is 12.3. The largest absolute Gasteiger partial charge is 0.338 e. The molecule has 0 spiro atoms. The number of aryl methyl sites for hydroxylation is 2. The number of urea groups is 1. The molecule has 0 bridgehead atoms. The van der Waals surface area contributed by atoms with Crippen molar-refractivity contribution in [1.82, 2.24) is 10.0 Å². The zero-order valence-electron chi connectivity index (χ0n) is 14.4. The van der Waals surface area contributed by atoms with Gasteiger partial charge in [-0.2, -0.15) is 0 Å². The summed E-state index contributed by atoms with van der Waals surface area (Å²) in [7, 11) is -4.00. The third-order valence-electron chi connectivity index (χ3n) is 4.82. The Morgan fingerprint density at radius 2 is 1.60 bits per heavy atom. The molecule has 2 aliphatic carbocycles. The summed E-state index contributed by atoms with van der Waals surface area (Å²) >= 11 is 0. The lowest BCUT2D eigenvalue weighted by Crippen LogP contribution is -2.47. The highest BCUT2D eigenvalue weighted by molar-refractivity contribution is 7.90. The van der Waals surface area contributed by atoms with Crippen LogP contribution in [0.3, 0.4) is 0 Å². The van der Waals surface area contributed by atoms with Crippen LogP contribution in [0.2, 0.25) is 0 Å². The molecule has 0 aromatic heterocycles. The minimum atomic E-state index is -4.00. The average molecular weight is 365 g/mol. The maximum absolute atomic E-state index is 12.3. The number of nitrogens with one attached hydrogen (secondary N) is 3. The Bertz CT molecular complexity index is 801. The molecule has 0 saturated heterocycles. The molecule has 25 heavy (non-hydrogen) atoms. The Morgan fingerprint density at radius 3 is 2.12 bits per heavy atom. The number of benzene rings is 1. The van der Waals surface area contributed by atoms with Gasteiger partial charge in [-0.15, -0.1) is 0 Å². The smallest absolute Gasteiger partial charge is 0.332 e. The molecule has 3 N–H and O–H groups in total. The molecule has 0 fully saturated rings. The van der Waals surface area contributed by atoms with Gasteiger partial charge in [0.1, 0.15) is 5.37 Å². The Morgan fingerprint density at radius 1 is 1.04 bits per heavy atom. The predicted octanol–water partition coefficient (Wildman–Crippen LogP) is 1.60. The monoisotopic (exact) mass is 365 g/mol. The molecule has 136 valence electrons. The number of carbonyl (C=O) groups is 2. The second kappa shape index (κ2) is 6.67. The van der Waals surface area contributed by atoms with Gasteiger partial charge in [0.15, 0.2) is 0 Å². The molecule has 3 amide bonds. The minimum absolute atomic E-state index is 0.475. The van der Waals surface area contributed by atoms with E-state index < -0.39 is 27.3 Å². The van der Waals surface area contributed by atoms with Crippen LogP contribution in [0.25, 0.3) is 0 Å². The lowest BCUT2D eigenvalue weighted by molar-refractivity contribution is -0.119. The molecule has 2 aliphatic rings. The summed E-state index contributed by atoms with van der Waals surface area (Å²) < 4.78 is 26.3. The summed E-state index contributed by atoms with van der Waals surface area (Å²) in [6.45, 7) is 2.54. The molecule has 7 nitrogen and oxygen atoms in total. The predicted molar refractivity (Wildman–Crippen MR) is 94.8 cm³/mol. The van der Waals surface area contributed by atoms with Gasteiger partial charge in [-0.25, -0.2) is 17.9 Å². The van der Waals surface area contributed by atoms with E-state index in [0.29, 0.717) is 0 Å². The van der Waals surface area contributed by atoms with Crippen LogP contribution in [0.1, 0.15) is 48.9 Å². The first-order valence-electron chi connectivity index (χ1n) is 8.54. The fraction of sp³-hybridized carbons (Fsp3) is 0.529. The van der Waals surface area contributed by atoms with Gasteiger partial charge >= 0.3 is 6.03 Å². The highest BCUT2D eigenvalue weighted by Crippen LogP contribution is 2.38. The SMILES string of the molecule is CC(=O)NC(C)S(=O)(=O)NC(=O)Nc1c2c(cc3c1CCC3)CCC2. The fourth-order valence-electron chi connectivity index (χ4n) is 3.69. The molecule has 0 radical (unpaired) electrons. The van der Waals surface area contributed by atoms with Crippen LogP contribution in [0.5, 0.6) is 0 Å². The van der Waals surface area contributed by atoms with Gasteiger partial charge in [-0.1, -0.05) is 6.07 Å². The third-order valence-corrected chi connectivity index (χ3v) is 6.34. The normalized spacial score (nSPS) is 16.7. The summed E-state index contributed by atoms with van der Waals surface area (Å²) in [5.74, 6) is -0.475. The molecule has 0 saturated carbocycles. The summed E-state index contributed by atoms with van der Waals surface area (Å²) in [6.07, 6.45) is 5.88. The van der Waals surface area contributed by atoms with Gasteiger partial charge in [0.25, 0.3) is 10.0 Å². The molecule has 0 heterocycles. The topological polar surface area (TPSA) is 104 Å². The number of amides is 3.